The van der Waals surface area contributed by atoms with Crippen molar-refractivity contribution in [2.24, 2.45) is 0 Å². The Hall–Kier alpha value is -1.55. The van der Waals surface area contributed by atoms with Crippen LogP contribution in [0.25, 0.3) is 0 Å². The van der Waals surface area contributed by atoms with Gasteiger partial charge in [0.25, 0.3) is 0 Å². The molecule has 0 spiro atoms. The van der Waals surface area contributed by atoms with Crippen molar-refractivity contribution in [2.75, 3.05) is 26.2 Å². The molecule has 0 atom stereocenters. The molecule has 1 fully saturated rings. The van der Waals surface area contributed by atoms with Crippen LogP contribution < -0.4 is 0 Å². The lowest BCUT2D eigenvalue weighted by Gasteiger charge is -2.35. The highest BCUT2D eigenvalue weighted by Crippen LogP contribution is 2.13. The molecule has 5 heteroatoms. The normalized spacial score (nSPS) is 14.9. The zero-order valence-electron chi connectivity index (χ0n) is 13.8. The quantitative estimate of drug-likeness (QED) is 0.800. The summed E-state index contributed by atoms with van der Waals surface area (Å²) in [6.07, 6.45) is 3.84. The summed E-state index contributed by atoms with van der Waals surface area (Å²) < 4.78 is 0. The number of rotatable bonds is 6. The largest absolute Gasteiger partial charge is 0.339 e. The van der Waals surface area contributed by atoms with E-state index in [-0.39, 0.29) is 11.8 Å². The predicted molar refractivity (Wildman–Crippen MR) is 92.5 cm³/mol. The van der Waals surface area contributed by atoms with Crippen LogP contribution in [-0.4, -0.2) is 47.8 Å². The molecule has 0 saturated carbocycles. The number of amides is 2. The molecule has 23 heavy (non-hydrogen) atoms. The molecule has 0 unspecified atom stereocenters. The highest BCUT2D eigenvalue weighted by Gasteiger charge is 2.23. The van der Waals surface area contributed by atoms with Gasteiger partial charge < -0.3 is 9.80 Å². The molecule has 1 aromatic carbocycles. The Balaban J connectivity index is 1.73. The van der Waals surface area contributed by atoms with Gasteiger partial charge in [0.2, 0.25) is 11.8 Å². The predicted octanol–water partition coefficient (Wildman–Crippen LogP) is 3.13. The number of unbranched alkanes of at least 4 members (excludes halogenated alkanes) is 1. The van der Waals surface area contributed by atoms with E-state index in [0.29, 0.717) is 44.0 Å². The van der Waals surface area contributed by atoms with Gasteiger partial charge >= 0.3 is 0 Å². The first-order valence-electron chi connectivity index (χ1n) is 8.40. The number of nitrogens with zero attached hydrogens (tertiary/aromatic N) is 2. The van der Waals surface area contributed by atoms with Crippen molar-refractivity contribution in [1.82, 2.24) is 9.80 Å². The van der Waals surface area contributed by atoms with Gasteiger partial charge in [-0.2, -0.15) is 0 Å². The van der Waals surface area contributed by atoms with Gasteiger partial charge in [0, 0.05) is 44.0 Å². The van der Waals surface area contributed by atoms with Gasteiger partial charge in [-0.05, 0) is 30.5 Å². The van der Waals surface area contributed by atoms with E-state index in [1.54, 1.807) is 0 Å². The van der Waals surface area contributed by atoms with Crippen LogP contribution in [0, 0.1) is 0 Å². The van der Waals surface area contributed by atoms with Crippen LogP contribution in [0.3, 0.4) is 0 Å². The maximum atomic E-state index is 12.3. The van der Waals surface area contributed by atoms with Crippen LogP contribution in [0.1, 0.15) is 38.2 Å². The second-order valence-electron chi connectivity index (χ2n) is 5.99. The van der Waals surface area contributed by atoms with E-state index in [1.807, 2.05) is 34.1 Å². The Morgan fingerprint density at radius 1 is 0.957 bits per heavy atom. The Bertz CT molecular complexity index is 522. The summed E-state index contributed by atoms with van der Waals surface area (Å²) in [7, 11) is 0. The first-order chi connectivity index (χ1) is 11.1. The standard InChI is InChI=1S/C18H25ClN2O2/c1-2-3-4-17(22)20-11-13-21(14-12-20)18(23)10-7-15-5-8-16(19)9-6-15/h5-6,8-9H,2-4,7,10-14H2,1H3. The maximum Gasteiger partial charge on any atom is 0.223 e. The lowest BCUT2D eigenvalue weighted by atomic mass is 10.1. The van der Waals surface area contributed by atoms with E-state index in [2.05, 4.69) is 6.92 Å². The lowest BCUT2D eigenvalue weighted by Crippen LogP contribution is -2.50. The van der Waals surface area contributed by atoms with E-state index in [1.165, 1.54) is 0 Å². The zero-order chi connectivity index (χ0) is 16.7. The molecule has 0 aliphatic carbocycles. The molecule has 1 aromatic rings. The summed E-state index contributed by atoms with van der Waals surface area (Å²) in [5.74, 6) is 0.390. The number of carbonyl (C=O) groups is 2. The minimum absolute atomic E-state index is 0.167. The summed E-state index contributed by atoms with van der Waals surface area (Å²) in [4.78, 5) is 28.0. The van der Waals surface area contributed by atoms with Crippen LogP contribution in [0.5, 0.6) is 0 Å². The fourth-order valence-electron chi connectivity index (χ4n) is 2.75. The molecule has 1 aliphatic heterocycles. The van der Waals surface area contributed by atoms with Crippen molar-refractivity contribution in [3.63, 3.8) is 0 Å². The minimum atomic E-state index is 0.167. The first kappa shape index (κ1) is 17.8. The van der Waals surface area contributed by atoms with Crippen LogP contribution in [0.4, 0.5) is 0 Å². The van der Waals surface area contributed by atoms with Crippen molar-refractivity contribution in [3.8, 4) is 0 Å². The van der Waals surface area contributed by atoms with Crippen molar-refractivity contribution < 1.29 is 9.59 Å². The summed E-state index contributed by atoms with van der Waals surface area (Å²) in [6, 6.07) is 7.62. The molecule has 1 saturated heterocycles. The highest BCUT2D eigenvalue weighted by molar-refractivity contribution is 6.30. The monoisotopic (exact) mass is 336 g/mol. The molecule has 0 aromatic heterocycles. The third-order valence-electron chi connectivity index (χ3n) is 4.27. The number of piperazine rings is 1. The van der Waals surface area contributed by atoms with E-state index in [9.17, 15) is 9.59 Å². The van der Waals surface area contributed by atoms with E-state index in [4.69, 9.17) is 11.6 Å². The molecule has 0 N–H and O–H groups in total. The van der Waals surface area contributed by atoms with Crippen molar-refractivity contribution in [3.05, 3.63) is 34.9 Å². The van der Waals surface area contributed by atoms with Gasteiger partial charge in [0.15, 0.2) is 0 Å². The average molecular weight is 337 g/mol. The molecule has 0 bridgehead atoms. The van der Waals surface area contributed by atoms with Gasteiger partial charge in [-0.1, -0.05) is 37.1 Å². The second kappa shape index (κ2) is 8.92. The Morgan fingerprint density at radius 3 is 2.00 bits per heavy atom. The number of halogens is 1. The van der Waals surface area contributed by atoms with Gasteiger partial charge in [0.1, 0.15) is 0 Å². The molecule has 2 amide bonds. The van der Waals surface area contributed by atoms with Crippen LogP contribution in [-0.2, 0) is 16.0 Å². The summed E-state index contributed by atoms with van der Waals surface area (Å²) in [6.45, 7) is 4.71. The Morgan fingerprint density at radius 2 is 1.48 bits per heavy atom. The number of aryl methyl sites for hydroxylation is 1. The molecule has 126 valence electrons. The SMILES string of the molecule is CCCCC(=O)N1CCN(C(=O)CCc2ccc(Cl)cc2)CC1. The van der Waals surface area contributed by atoms with Crippen molar-refractivity contribution >= 4 is 23.4 Å². The van der Waals surface area contributed by atoms with Crippen LogP contribution in [0.2, 0.25) is 5.02 Å². The maximum absolute atomic E-state index is 12.3. The number of benzene rings is 1. The van der Waals surface area contributed by atoms with Crippen molar-refractivity contribution in [1.29, 1.82) is 0 Å². The summed E-state index contributed by atoms with van der Waals surface area (Å²) >= 11 is 5.86. The minimum Gasteiger partial charge on any atom is -0.339 e. The Labute approximate surface area is 143 Å². The zero-order valence-corrected chi connectivity index (χ0v) is 14.5. The fraction of sp³-hybridized carbons (Fsp3) is 0.556. The fourth-order valence-corrected chi connectivity index (χ4v) is 2.88. The third kappa shape index (κ3) is 5.54. The second-order valence-corrected chi connectivity index (χ2v) is 6.43. The number of hydrogen-bond acceptors (Lipinski definition) is 2. The molecular weight excluding hydrogens is 312 g/mol. The van der Waals surface area contributed by atoms with Gasteiger partial charge in [-0.15, -0.1) is 0 Å². The molecule has 1 aliphatic rings. The number of hydrogen-bond donors (Lipinski definition) is 0. The van der Waals surface area contributed by atoms with E-state index in [0.717, 1.165) is 24.8 Å². The summed E-state index contributed by atoms with van der Waals surface area (Å²) in [5.41, 5.74) is 1.12. The first-order valence-corrected chi connectivity index (χ1v) is 8.78. The molecular formula is C18H25ClN2O2. The van der Waals surface area contributed by atoms with Crippen molar-refractivity contribution in [2.45, 2.75) is 39.0 Å². The van der Waals surface area contributed by atoms with Gasteiger partial charge in [-0.3, -0.25) is 9.59 Å². The highest BCUT2D eigenvalue weighted by atomic mass is 35.5. The molecule has 0 radical (unpaired) electrons. The molecule has 1 heterocycles. The summed E-state index contributed by atoms with van der Waals surface area (Å²) in [5, 5.41) is 0.712. The smallest absolute Gasteiger partial charge is 0.223 e. The van der Waals surface area contributed by atoms with Crippen LogP contribution >= 0.6 is 11.6 Å². The molecule has 4 nitrogen and oxygen atoms in total. The van der Waals surface area contributed by atoms with E-state index >= 15 is 0 Å². The third-order valence-corrected chi connectivity index (χ3v) is 4.52. The average Bonchev–Trinajstić information content (AvgIpc) is 2.59. The van der Waals surface area contributed by atoms with E-state index < -0.39 is 0 Å². The lowest BCUT2D eigenvalue weighted by molar-refractivity contribution is -0.139. The van der Waals surface area contributed by atoms with Gasteiger partial charge in [-0.25, -0.2) is 0 Å². The molecule has 2 rings (SSSR count). The Kier molecular flexibility index (Phi) is 6.90. The van der Waals surface area contributed by atoms with Crippen LogP contribution in [0.15, 0.2) is 24.3 Å². The van der Waals surface area contributed by atoms with Gasteiger partial charge in [0.05, 0.1) is 0 Å². The number of carbonyl (C=O) groups excluding carboxylic acids is 2. The topological polar surface area (TPSA) is 40.6 Å².